The monoisotopic (exact) mass is 324 g/mol. The van der Waals surface area contributed by atoms with Crippen molar-refractivity contribution in [3.05, 3.63) is 51.3 Å². The second-order valence-electron chi connectivity index (χ2n) is 5.46. The van der Waals surface area contributed by atoms with E-state index in [1.54, 1.807) is 0 Å². The molecule has 0 N–H and O–H groups in total. The normalized spacial score (nSPS) is 17.3. The van der Waals surface area contributed by atoms with Crippen LogP contribution in [0.15, 0.2) is 24.3 Å². The van der Waals surface area contributed by atoms with Crippen LogP contribution in [-0.2, 0) is 0 Å². The number of aryl methyl sites for hydroxylation is 1. The molecule has 0 saturated heterocycles. The molecule has 110 valence electrons. The minimum Gasteiger partial charge on any atom is -0.493 e. The van der Waals surface area contributed by atoms with Gasteiger partial charge in [-0.05, 0) is 37.0 Å². The van der Waals surface area contributed by atoms with Gasteiger partial charge in [-0.15, -0.1) is 0 Å². The Morgan fingerprint density at radius 2 is 1.86 bits per heavy atom. The van der Waals surface area contributed by atoms with Crippen molar-refractivity contribution in [2.75, 3.05) is 6.61 Å². The van der Waals surface area contributed by atoms with Gasteiger partial charge in [-0.2, -0.15) is 0 Å². The second kappa shape index (κ2) is 5.51. The summed E-state index contributed by atoms with van der Waals surface area (Å²) >= 11 is 12.4. The summed E-state index contributed by atoms with van der Waals surface area (Å²) in [6.07, 6.45) is 0.988. The first kappa shape index (κ1) is 14.7. The molecular formula is C17H15Cl2FO. The van der Waals surface area contributed by atoms with Crippen molar-refractivity contribution in [1.29, 1.82) is 0 Å². The van der Waals surface area contributed by atoms with Gasteiger partial charge < -0.3 is 4.74 Å². The molecule has 1 nitrogen and oxygen atoms in total. The maximum atomic E-state index is 13.4. The van der Waals surface area contributed by atoms with Crippen LogP contribution in [-0.4, -0.2) is 6.61 Å². The summed E-state index contributed by atoms with van der Waals surface area (Å²) < 4.78 is 19.3. The van der Waals surface area contributed by atoms with Gasteiger partial charge >= 0.3 is 0 Å². The van der Waals surface area contributed by atoms with Gasteiger partial charge in [0, 0.05) is 16.7 Å². The standard InChI is InChI=1S/C17H15Cl2FO/c1-9-3-4-12(17-15(9)10(2)5-6-21-17)16-13(18)7-11(20)8-14(16)19/h3-4,7-8,10H,5-6H2,1-2H3. The van der Waals surface area contributed by atoms with Crippen molar-refractivity contribution in [3.8, 4) is 16.9 Å². The number of fused-ring (bicyclic) bond motifs is 1. The van der Waals surface area contributed by atoms with Crippen molar-refractivity contribution in [3.63, 3.8) is 0 Å². The third kappa shape index (κ3) is 2.51. The Labute approximate surface area is 133 Å². The van der Waals surface area contributed by atoms with Gasteiger partial charge in [0.25, 0.3) is 0 Å². The first-order valence-electron chi connectivity index (χ1n) is 6.90. The molecule has 1 aliphatic heterocycles. The van der Waals surface area contributed by atoms with Crippen LogP contribution in [0.5, 0.6) is 5.75 Å². The zero-order valence-corrected chi connectivity index (χ0v) is 13.4. The topological polar surface area (TPSA) is 9.23 Å². The molecule has 1 atom stereocenters. The van der Waals surface area contributed by atoms with E-state index < -0.39 is 5.82 Å². The summed E-state index contributed by atoms with van der Waals surface area (Å²) in [6.45, 7) is 4.93. The highest BCUT2D eigenvalue weighted by Gasteiger charge is 2.25. The highest BCUT2D eigenvalue weighted by molar-refractivity contribution is 6.39. The molecule has 4 heteroatoms. The van der Waals surface area contributed by atoms with Gasteiger partial charge in [-0.3, -0.25) is 0 Å². The number of benzene rings is 2. The number of ether oxygens (including phenoxy) is 1. The predicted molar refractivity (Wildman–Crippen MR) is 85.1 cm³/mol. The van der Waals surface area contributed by atoms with E-state index in [0.717, 1.165) is 17.7 Å². The molecule has 0 fully saturated rings. The second-order valence-corrected chi connectivity index (χ2v) is 6.27. The molecule has 0 saturated carbocycles. The number of hydrogen-bond acceptors (Lipinski definition) is 1. The van der Waals surface area contributed by atoms with Crippen LogP contribution < -0.4 is 4.74 Å². The van der Waals surface area contributed by atoms with Crippen molar-refractivity contribution in [2.24, 2.45) is 0 Å². The van der Waals surface area contributed by atoms with Gasteiger partial charge in [-0.1, -0.05) is 42.3 Å². The summed E-state index contributed by atoms with van der Waals surface area (Å²) in [7, 11) is 0. The third-order valence-corrected chi connectivity index (χ3v) is 4.58. The molecule has 0 spiro atoms. The minimum atomic E-state index is -0.441. The highest BCUT2D eigenvalue weighted by Crippen LogP contribution is 2.46. The molecule has 3 rings (SSSR count). The Bertz CT molecular complexity index is 689. The first-order chi connectivity index (χ1) is 9.99. The first-order valence-corrected chi connectivity index (χ1v) is 7.66. The van der Waals surface area contributed by atoms with E-state index in [9.17, 15) is 4.39 Å². The summed E-state index contributed by atoms with van der Waals surface area (Å²) in [6, 6.07) is 6.54. The molecule has 1 aliphatic rings. The van der Waals surface area contributed by atoms with E-state index >= 15 is 0 Å². The predicted octanol–water partition coefficient (Wildman–Crippen LogP) is 5.99. The van der Waals surface area contributed by atoms with E-state index in [1.165, 1.54) is 23.3 Å². The molecule has 2 aromatic rings. The lowest BCUT2D eigenvalue weighted by Gasteiger charge is -2.27. The molecule has 21 heavy (non-hydrogen) atoms. The van der Waals surface area contributed by atoms with Crippen LogP contribution in [0.1, 0.15) is 30.4 Å². The van der Waals surface area contributed by atoms with Crippen molar-refractivity contribution >= 4 is 23.2 Å². The summed E-state index contributed by atoms with van der Waals surface area (Å²) in [5.74, 6) is 0.805. The molecular weight excluding hydrogens is 310 g/mol. The quantitative estimate of drug-likeness (QED) is 0.625. The Hall–Kier alpha value is -1.25. The molecule has 0 aliphatic carbocycles. The van der Waals surface area contributed by atoms with E-state index in [4.69, 9.17) is 27.9 Å². The smallest absolute Gasteiger partial charge is 0.130 e. The summed E-state index contributed by atoms with van der Waals surface area (Å²) in [4.78, 5) is 0. The zero-order valence-electron chi connectivity index (χ0n) is 11.8. The molecule has 1 unspecified atom stereocenters. The average Bonchev–Trinajstić information content (AvgIpc) is 2.40. The van der Waals surface area contributed by atoms with Crippen molar-refractivity contribution in [1.82, 2.24) is 0 Å². The molecule has 2 aromatic carbocycles. The lowest BCUT2D eigenvalue weighted by molar-refractivity contribution is 0.273. The lowest BCUT2D eigenvalue weighted by atomic mass is 9.87. The van der Waals surface area contributed by atoms with Crippen LogP contribution >= 0.6 is 23.2 Å². The van der Waals surface area contributed by atoms with Crippen LogP contribution in [0.25, 0.3) is 11.1 Å². The number of hydrogen-bond donors (Lipinski definition) is 0. The largest absolute Gasteiger partial charge is 0.493 e. The van der Waals surface area contributed by atoms with Crippen LogP contribution in [0.2, 0.25) is 10.0 Å². The van der Waals surface area contributed by atoms with Gasteiger partial charge in [0.05, 0.1) is 16.7 Å². The minimum absolute atomic E-state index is 0.299. The van der Waals surface area contributed by atoms with E-state index in [0.29, 0.717) is 28.1 Å². The molecule has 0 aromatic heterocycles. The fraction of sp³-hybridized carbons (Fsp3) is 0.294. The fourth-order valence-corrected chi connectivity index (χ4v) is 3.61. The van der Waals surface area contributed by atoms with E-state index in [1.807, 2.05) is 12.1 Å². The molecule has 0 bridgehead atoms. The average molecular weight is 325 g/mol. The molecule has 0 amide bonds. The van der Waals surface area contributed by atoms with E-state index in [-0.39, 0.29) is 0 Å². The molecule has 1 heterocycles. The number of rotatable bonds is 1. The fourth-order valence-electron chi connectivity index (χ4n) is 2.94. The van der Waals surface area contributed by atoms with Gasteiger partial charge in [0.15, 0.2) is 0 Å². The molecule has 0 radical (unpaired) electrons. The number of halogens is 3. The Balaban J connectivity index is 2.28. The van der Waals surface area contributed by atoms with Crippen LogP contribution in [0.3, 0.4) is 0 Å². The Kier molecular flexibility index (Phi) is 3.85. The van der Waals surface area contributed by atoms with Gasteiger partial charge in [-0.25, -0.2) is 4.39 Å². The Morgan fingerprint density at radius 1 is 1.19 bits per heavy atom. The van der Waals surface area contributed by atoms with Crippen LogP contribution in [0.4, 0.5) is 4.39 Å². The zero-order chi connectivity index (χ0) is 15.1. The van der Waals surface area contributed by atoms with Crippen molar-refractivity contribution < 1.29 is 9.13 Å². The third-order valence-electron chi connectivity index (χ3n) is 3.98. The maximum absolute atomic E-state index is 13.4. The summed E-state index contributed by atoms with van der Waals surface area (Å²) in [5, 5.41) is 0.598. The lowest BCUT2D eigenvalue weighted by Crippen LogP contribution is -2.14. The van der Waals surface area contributed by atoms with Crippen LogP contribution in [0, 0.1) is 12.7 Å². The highest BCUT2D eigenvalue weighted by atomic mass is 35.5. The van der Waals surface area contributed by atoms with Gasteiger partial charge in [0.1, 0.15) is 11.6 Å². The SMILES string of the molecule is Cc1ccc(-c2c(Cl)cc(F)cc2Cl)c2c1C(C)CCO2. The Morgan fingerprint density at radius 3 is 2.52 bits per heavy atom. The van der Waals surface area contributed by atoms with Gasteiger partial charge in [0.2, 0.25) is 0 Å². The van der Waals surface area contributed by atoms with E-state index in [2.05, 4.69) is 13.8 Å². The summed E-state index contributed by atoms with van der Waals surface area (Å²) in [5.41, 5.74) is 3.84. The maximum Gasteiger partial charge on any atom is 0.130 e. The van der Waals surface area contributed by atoms with Crippen molar-refractivity contribution in [2.45, 2.75) is 26.2 Å².